The topological polar surface area (TPSA) is 168 Å². The van der Waals surface area contributed by atoms with Crippen LogP contribution in [0.15, 0.2) is 87.9 Å². The number of nitrogen functional groups attached to an aromatic ring is 1. The van der Waals surface area contributed by atoms with E-state index in [1.165, 1.54) is 35.5 Å². The van der Waals surface area contributed by atoms with Gasteiger partial charge in [-0.3, -0.25) is 4.79 Å². The largest absolute Gasteiger partial charge is 0.485 e. The maximum Gasteiger partial charge on any atom is 0.450 e. The van der Waals surface area contributed by atoms with Gasteiger partial charge >= 0.3 is 6.18 Å². The number of ether oxygens (including phenoxy) is 1. The summed E-state index contributed by atoms with van der Waals surface area (Å²) >= 11 is 0. The second kappa shape index (κ2) is 16.9. The van der Waals surface area contributed by atoms with Crippen LogP contribution < -0.4 is 15.8 Å². The minimum Gasteiger partial charge on any atom is -0.485 e. The number of nitrogens with two attached hydrogens (primary N) is 1. The number of alkyl halides is 3. The summed E-state index contributed by atoms with van der Waals surface area (Å²) in [5.41, 5.74) is 6.78. The molecule has 3 aliphatic rings. The van der Waals surface area contributed by atoms with Crippen LogP contribution in [0, 0.1) is 17.8 Å². The number of fused-ring (bicyclic) bond motifs is 1. The molecule has 11 nitrogen and oxygen atoms in total. The molecule has 0 saturated heterocycles. The minimum atomic E-state index is -5.04. The molecule has 3 unspecified atom stereocenters. The van der Waals surface area contributed by atoms with Gasteiger partial charge in [-0.2, -0.15) is 22.2 Å². The van der Waals surface area contributed by atoms with Crippen LogP contribution in [0.25, 0.3) is 0 Å². The van der Waals surface area contributed by atoms with E-state index in [0.717, 1.165) is 0 Å². The van der Waals surface area contributed by atoms with Crippen LogP contribution in [0.5, 0.6) is 0 Å². The molecule has 0 fully saturated rings. The van der Waals surface area contributed by atoms with Gasteiger partial charge in [-0.15, -0.1) is 0 Å². The monoisotopic (exact) mass is 756 g/mol. The molecule has 0 radical (unpaired) electrons. The van der Waals surface area contributed by atoms with Crippen molar-refractivity contribution in [3.05, 3.63) is 83.0 Å². The van der Waals surface area contributed by atoms with E-state index in [1.54, 1.807) is 6.08 Å². The van der Waals surface area contributed by atoms with Gasteiger partial charge in [0.2, 0.25) is 31.7 Å². The second-order valence-electron chi connectivity index (χ2n) is 13.4. The first-order valence-electron chi connectivity index (χ1n) is 16.9. The van der Waals surface area contributed by atoms with Crippen LogP contribution in [0.2, 0.25) is 0 Å². The van der Waals surface area contributed by atoms with E-state index in [4.69, 9.17) is 10.5 Å². The molecule has 0 bridgehead atoms. The van der Waals surface area contributed by atoms with E-state index in [-0.39, 0.29) is 48.6 Å². The van der Waals surface area contributed by atoms with Gasteiger partial charge in [0.15, 0.2) is 0 Å². The number of hydrogen-bond acceptors (Lipinski definition) is 8. The summed E-state index contributed by atoms with van der Waals surface area (Å²) in [6.07, 6.45) is 7.68. The lowest BCUT2D eigenvalue weighted by Gasteiger charge is -2.31. The summed E-state index contributed by atoms with van der Waals surface area (Å²) in [4.78, 5) is 12.6. The molecule has 5 atom stereocenters. The van der Waals surface area contributed by atoms with E-state index >= 15 is 0 Å². The number of amides is 1. The van der Waals surface area contributed by atoms with Crippen molar-refractivity contribution in [3.8, 4) is 0 Å². The molecule has 1 aromatic rings. The van der Waals surface area contributed by atoms with E-state index in [1.807, 2.05) is 50.3 Å². The number of aliphatic hydroxyl groups is 1. The van der Waals surface area contributed by atoms with Crippen LogP contribution in [0.4, 0.5) is 18.9 Å². The van der Waals surface area contributed by atoms with Crippen molar-refractivity contribution in [2.75, 3.05) is 25.4 Å². The molecule has 51 heavy (non-hydrogen) atoms. The molecule has 4 rings (SSSR count). The van der Waals surface area contributed by atoms with Crippen LogP contribution in [-0.4, -0.2) is 76.2 Å². The van der Waals surface area contributed by atoms with E-state index in [2.05, 4.69) is 10.0 Å². The van der Waals surface area contributed by atoms with E-state index < -0.39 is 74.0 Å². The number of nitrogens with one attached hydrogen (secondary N) is 2. The standard InChI is InChI=1S/C35H47F3N4O7S2/c1-23(2)21-42(51(47,48)30-15-13-28(39)14-16-30)29(22-43)10-6-7-17-40-34(44)31(20-25-11-12-26-8-4-5-9-27(26)19-25)41-50(45,46)32-18-24(3)49-33(32)35(36,37)38/h4-5,8-9,11-16,19,23-24,26-27,29,31,41,43H,6-7,10,17-18,20-22,39H2,1-3H3,(H,40,44)/t24?,26?,27?,29-,31-/m0/s1. The molecule has 1 amide bonds. The third-order valence-electron chi connectivity index (χ3n) is 8.76. The number of carbonyl (C=O) groups is 1. The number of allylic oxidation sites excluding steroid dienone is 8. The zero-order chi connectivity index (χ0) is 37.6. The molecule has 1 heterocycles. The quantitative estimate of drug-likeness (QED) is 0.131. The van der Waals surface area contributed by atoms with Gasteiger partial charge in [0.25, 0.3) is 0 Å². The van der Waals surface area contributed by atoms with Gasteiger partial charge in [-0.25, -0.2) is 16.8 Å². The number of carbonyl (C=O) groups excluding carboxylic acids is 1. The zero-order valence-electron chi connectivity index (χ0n) is 28.8. The third-order valence-corrected chi connectivity index (χ3v) is 12.3. The number of unbranched alkanes of at least 4 members (excludes halogenated alkanes) is 1. The van der Waals surface area contributed by atoms with E-state index in [0.29, 0.717) is 24.1 Å². The Morgan fingerprint density at radius 1 is 1.06 bits per heavy atom. The number of halogens is 3. The van der Waals surface area contributed by atoms with Crippen molar-refractivity contribution in [1.82, 2.24) is 14.3 Å². The first-order chi connectivity index (χ1) is 23.9. The Hall–Kier alpha value is -3.44. The average molecular weight is 757 g/mol. The van der Waals surface area contributed by atoms with Crippen LogP contribution >= 0.6 is 0 Å². The highest BCUT2D eigenvalue weighted by atomic mass is 32.2. The Balaban J connectivity index is 1.45. The van der Waals surface area contributed by atoms with Crippen molar-refractivity contribution in [2.45, 2.75) is 82.1 Å². The highest BCUT2D eigenvalue weighted by Gasteiger charge is 2.47. The number of rotatable bonds is 17. The second-order valence-corrected chi connectivity index (χ2v) is 17.1. The number of hydrogen-bond donors (Lipinski definition) is 4. The Labute approximate surface area is 298 Å². The van der Waals surface area contributed by atoms with Gasteiger partial charge in [-0.1, -0.05) is 62.8 Å². The van der Waals surface area contributed by atoms with Gasteiger partial charge in [0.1, 0.15) is 17.1 Å². The molecule has 1 aromatic carbocycles. The van der Waals surface area contributed by atoms with Gasteiger partial charge in [0.05, 0.1) is 11.5 Å². The molecule has 5 N–H and O–H groups in total. The lowest BCUT2D eigenvalue weighted by atomic mass is 9.82. The van der Waals surface area contributed by atoms with Crippen molar-refractivity contribution >= 4 is 31.6 Å². The summed E-state index contributed by atoms with van der Waals surface area (Å²) in [5, 5.41) is 12.9. The summed E-state index contributed by atoms with van der Waals surface area (Å²) in [6.45, 7) is 4.83. The lowest BCUT2D eigenvalue weighted by molar-refractivity contribution is -0.132. The number of benzene rings is 1. The van der Waals surface area contributed by atoms with Crippen LogP contribution in [0.1, 0.15) is 52.9 Å². The highest BCUT2D eigenvalue weighted by Crippen LogP contribution is 2.39. The maximum atomic E-state index is 13.7. The average Bonchev–Trinajstić information content (AvgIpc) is 3.49. The Morgan fingerprint density at radius 2 is 1.73 bits per heavy atom. The van der Waals surface area contributed by atoms with Crippen LogP contribution in [0.3, 0.4) is 0 Å². The number of anilines is 1. The molecular weight excluding hydrogens is 710 g/mol. The summed E-state index contributed by atoms with van der Waals surface area (Å²) < 4.78 is 103. The fraction of sp³-hybridized carbons (Fsp3) is 0.514. The lowest BCUT2D eigenvalue weighted by Crippen LogP contribution is -2.47. The van der Waals surface area contributed by atoms with Gasteiger partial charge in [-0.05, 0) is 61.9 Å². The first-order valence-corrected chi connectivity index (χ1v) is 19.8. The zero-order valence-corrected chi connectivity index (χ0v) is 30.5. The number of aliphatic hydroxyl groups excluding tert-OH is 1. The summed E-state index contributed by atoms with van der Waals surface area (Å²) in [7, 11) is -8.78. The molecule has 282 valence electrons. The molecule has 0 aromatic heterocycles. The fourth-order valence-corrected chi connectivity index (χ4v) is 9.60. The van der Waals surface area contributed by atoms with Crippen molar-refractivity contribution in [2.24, 2.45) is 17.8 Å². The smallest absolute Gasteiger partial charge is 0.450 e. The SMILES string of the molecule is CC(C)CN([C@H](CO)CCCCNC(=O)[C@H](CC1=CC2C=CC=CC2C=C1)NS(=O)(=O)C1=C(C(F)(F)F)OC(C)C1)S(=O)(=O)c1ccc(N)cc1. The number of sulfonamides is 2. The van der Waals surface area contributed by atoms with Gasteiger partial charge in [0, 0.05) is 43.1 Å². The first kappa shape index (κ1) is 40.3. The number of nitrogens with zero attached hydrogens (tertiary/aromatic N) is 1. The van der Waals surface area contributed by atoms with Crippen molar-refractivity contribution in [1.29, 1.82) is 0 Å². The molecule has 2 aliphatic carbocycles. The molecule has 1 aliphatic heterocycles. The predicted octanol–water partition coefficient (Wildman–Crippen LogP) is 4.68. The van der Waals surface area contributed by atoms with Crippen LogP contribution in [-0.2, 0) is 29.6 Å². The van der Waals surface area contributed by atoms with Crippen molar-refractivity contribution in [3.63, 3.8) is 0 Å². The van der Waals surface area contributed by atoms with E-state index in [9.17, 15) is 39.9 Å². The fourth-order valence-electron chi connectivity index (χ4n) is 6.22. The Kier molecular flexibility index (Phi) is 13.4. The predicted molar refractivity (Wildman–Crippen MR) is 189 cm³/mol. The third kappa shape index (κ3) is 10.6. The minimum absolute atomic E-state index is 0.0162. The summed E-state index contributed by atoms with van der Waals surface area (Å²) in [6, 6.07) is 3.60. The summed E-state index contributed by atoms with van der Waals surface area (Å²) in [5.74, 6) is -2.29. The molecular formula is C35H47F3N4O7S2. The van der Waals surface area contributed by atoms with Gasteiger partial charge < -0.3 is 20.9 Å². The normalized spacial score (nSPS) is 21.8. The van der Waals surface area contributed by atoms with Crippen molar-refractivity contribution < 1.29 is 44.6 Å². The molecule has 0 saturated carbocycles. The highest BCUT2D eigenvalue weighted by molar-refractivity contribution is 7.93. The Morgan fingerprint density at radius 3 is 2.35 bits per heavy atom. The molecule has 0 spiro atoms. The maximum absolute atomic E-state index is 13.7. The molecule has 16 heteroatoms. The Bertz CT molecular complexity index is 1770.